The van der Waals surface area contributed by atoms with Gasteiger partial charge >= 0.3 is 6.03 Å². The number of hydrogen-bond acceptors (Lipinski definition) is 3. The largest absolute Gasteiger partial charge is 0.490 e. The highest BCUT2D eigenvalue weighted by atomic mass is 79.9. The first-order valence-corrected chi connectivity index (χ1v) is 9.62. The maximum Gasteiger partial charge on any atom is 0.329 e. The summed E-state index contributed by atoms with van der Waals surface area (Å²) in [4.78, 5) is 26.0. The second-order valence-corrected chi connectivity index (χ2v) is 7.25. The van der Waals surface area contributed by atoms with Crippen LogP contribution in [0.25, 0.3) is 6.08 Å². The number of imide groups is 1. The van der Waals surface area contributed by atoms with E-state index in [1.165, 1.54) is 4.90 Å². The Labute approximate surface area is 167 Å². The van der Waals surface area contributed by atoms with Crippen LogP contribution >= 0.6 is 15.9 Å². The van der Waals surface area contributed by atoms with Gasteiger partial charge in [0.25, 0.3) is 5.91 Å². The summed E-state index contributed by atoms with van der Waals surface area (Å²) in [6.07, 6.45) is 2.70. The number of hydrogen-bond donors (Lipinski definition) is 1. The van der Waals surface area contributed by atoms with Gasteiger partial charge in [0, 0.05) is 0 Å². The molecule has 0 unspecified atom stereocenters. The fourth-order valence-corrected chi connectivity index (χ4v) is 3.14. The monoisotopic (exact) mass is 428 g/mol. The molecule has 140 valence electrons. The lowest BCUT2D eigenvalue weighted by atomic mass is 10.1. The molecule has 2 aromatic rings. The van der Waals surface area contributed by atoms with Crippen molar-refractivity contribution in [3.8, 4) is 5.75 Å². The zero-order chi connectivity index (χ0) is 19.4. The van der Waals surface area contributed by atoms with Gasteiger partial charge in [0.05, 0.1) is 17.1 Å². The van der Waals surface area contributed by atoms with Gasteiger partial charge in [-0.15, -0.1) is 0 Å². The average molecular weight is 429 g/mol. The highest BCUT2D eigenvalue weighted by molar-refractivity contribution is 9.10. The Kier molecular flexibility index (Phi) is 5.96. The first-order valence-electron chi connectivity index (χ1n) is 8.82. The highest BCUT2D eigenvalue weighted by Gasteiger charge is 2.33. The summed E-state index contributed by atoms with van der Waals surface area (Å²) in [5.74, 6) is 0.416. The van der Waals surface area contributed by atoms with Crippen molar-refractivity contribution < 1.29 is 14.3 Å². The average Bonchev–Trinajstić information content (AvgIpc) is 2.92. The highest BCUT2D eigenvalue weighted by Crippen LogP contribution is 2.28. The number of urea groups is 1. The van der Waals surface area contributed by atoms with E-state index >= 15 is 0 Å². The minimum atomic E-state index is -0.411. The SMILES string of the molecule is CC[C@H](C)Oc1ccc(/C=C2/NC(=O)N(Cc3ccccc3)C2=O)cc1Br. The molecule has 0 radical (unpaired) electrons. The number of halogens is 1. The summed E-state index contributed by atoms with van der Waals surface area (Å²) in [7, 11) is 0. The van der Waals surface area contributed by atoms with Gasteiger partial charge in [0.1, 0.15) is 11.4 Å². The zero-order valence-corrected chi connectivity index (χ0v) is 16.8. The molecule has 1 saturated heterocycles. The van der Waals surface area contributed by atoms with E-state index in [0.717, 1.165) is 27.8 Å². The Morgan fingerprint density at radius 3 is 2.59 bits per heavy atom. The van der Waals surface area contributed by atoms with Crippen LogP contribution in [-0.2, 0) is 11.3 Å². The molecule has 3 amide bonds. The quantitative estimate of drug-likeness (QED) is 0.534. The summed E-state index contributed by atoms with van der Waals surface area (Å²) in [5.41, 5.74) is 1.96. The molecule has 0 bridgehead atoms. The lowest BCUT2D eigenvalue weighted by molar-refractivity contribution is -0.123. The van der Waals surface area contributed by atoms with Crippen molar-refractivity contribution in [2.75, 3.05) is 0 Å². The number of amides is 3. The van der Waals surface area contributed by atoms with Crippen molar-refractivity contribution in [2.45, 2.75) is 32.9 Å². The zero-order valence-electron chi connectivity index (χ0n) is 15.2. The van der Waals surface area contributed by atoms with Gasteiger partial charge in [-0.2, -0.15) is 0 Å². The molecular formula is C21H21BrN2O3. The fourth-order valence-electron chi connectivity index (χ4n) is 2.65. The molecule has 2 aromatic carbocycles. The van der Waals surface area contributed by atoms with E-state index in [1.54, 1.807) is 6.08 Å². The number of nitrogens with zero attached hydrogens (tertiary/aromatic N) is 1. The fraction of sp³-hybridized carbons (Fsp3) is 0.238. The molecule has 1 fully saturated rings. The molecule has 1 aliphatic heterocycles. The third-order valence-corrected chi connectivity index (χ3v) is 4.94. The third kappa shape index (κ3) is 4.57. The summed E-state index contributed by atoms with van der Waals surface area (Å²) in [6.45, 7) is 4.32. The molecule has 0 saturated carbocycles. The van der Waals surface area contributed by atoms with Gasteiger partial charge in [-0.1, -0.05) is 43.3 Å². The van der Waals surface area contributed by atoms with Crippen molar-refractivity contribution >= 4 is 33.9 Å². The first-order chi connectivity index (χ1) is 13.0. The molecule has 1 N–H and O–H groups in total. The van der Waals surface area contributed by atoms with Crippen LogP contribution in [-0.4, -0.2) is 22.9 Å². The van der Waals surface area contributed by atoms with Crippen molar-refractivity contribution in [3.05, 3.63) is 69.8 Å². The van der Waals surface area contributed by atoms with E-state index in [-0.39, 0.29) is 24.3 Å². The Morgan fingerprint density at radius 1 is 1.19 bits per heavy atom. The number of rotatable bonds is 6. The van der Waals surface area contributed by atoms with E-state index in [4.69, 9.17) is 4.74 Å². The molecule has 3 rings (SSSR count). The van der Waals surface area contributed by atoms with Gasteiger partial charge < -0.3 is 10.1 Å². The number of ether oxygens (including phenoxy) is 1. The number of carbonyl (C=O) groups excluding carboxylic acids is 2. The van der Waals surface area contributed by atoms with Crippen molar-refractivity contribution in [3.63, 3.8) is 0 Å². The molecule has 5 nitrogen and oxygen atoms in total. The first kappa shape index (κ1) is 19.2. The number of nitrogens with one attached hydrogen (secondary N) is 1. The van der Waals surface area contributed by atoms with E-state index in [2.05, 4.69) is 28.2 Å². The maximum atomic E-state index is 12.6. The summed E-state index contributed by atoms with van der Waals surface area (Å²) < 4.78 is 6.63. The maximum absolute atomic E-state index is 12.6. The Balaban J connectivity index is 1.76. The summed E-state index contributed by atoms with van der Waals surface area (Å²) in [6, 6.07) is 14.6. The van der Waals surface area contributed by atoms with Crippen molar-refractivity contribution in [2.24, 2.45) is 0 Å². The Bertz CT molecular complexity index is 880. The van der Waals surface area contributed by atoms with Gasteiger partial charge in [0.15, 0.2) is 0 Å². The predicted octanol–water partition coefficient (Wildman–Crippen LogP) is 4.72. The van der Waals surface area contributed by atoms with Crippen LogP contribution in [0.4, 0.5) is 4.79 Å². The van der Waals surface area contributed by atoms with Crippen LogP contribution in [0.15, 0.2) is 58.7 Å². The van der Waals surface area contributed by atoms with Gasteiger partial charge in [-0.25, -0.2) is 4.79 Å². The van der Waals surface area contributed by atoms with E-state index in [1.807, 2.05) is 55.5 Å². The van der Waals surface area contributed by atoms with Crippen LogP contribution < -0.4 is 10.1 Å². The molecule has 0 aliphatic carbocycles. The second-order valence-electron chi connectivity index (χ2n) is 6.39. The molecule has 0 aromatic heterocycles. The van der Waals surface area contributed by atoms with Gasteiger partial charge in [-0.3, -0.25) is 9.69 Å². The molecule has 1 heterocycles. The molecule has 27 heavy (non-hydrogen) atoms. The summed E-state index contributed by atoms with van der Waals surface area (Å²) in [5, 5.41) is 2.65. The Morgan fingerprint density at radius 2 is 1.93 bits per heavy atom. The minimum absolute atomic E-state index is 0.118. The van der Waals surface area contributed by atoms with Crippen molar-refractivity contribution in [1.29, 1.82) is 0 Å². The van der Waals surface area contributed by atoms with E-state index in [0.29, 0.717) is 0 Å². The second kappa shape index (κ2) is 8.39. The number of carbonyl (C=O) groups is 2. The minimum Gasteiger partial charge on any atom is -0.490 e. The lowest BCUT2D eigenvalue weighted by Gasteiger charge is -2.14. The molecular weight excluding hydrogens is 408 g/mol. The standard InChI is InChI=1S/C21H21BrN2O3/c1-3-14(2)27-19-10-9-16(11-17(19)22)12-18-20(25)24(21(26)23-18)13-15-7-5-4-6-8-15/h4-12,14H,3,13H2,1-2H3,(H,23,26)/b18-12+/t14-/m0/s1. The molecule has 6 heteroatoms. The predicted molar refractivity (Wildman–Crippen MR) is 108 cm³/mol. The van der Waals surface area contributed by atoms with Crippen LogP contribution in [0.3, 0.4) is 0 Å². The van der Waals surface area contributed by atoms with E-state index < -0.39 is 6.03 Å². The normalized spacial score (nSPS) is 16.6. The lowest BCUT2D eigenvalue weighted by Crippen LogP contribution is -2.30. The smallest absolute Gasteiger partial charge is 0.329 e. The Hall–Kier alpha value is -2.60. The van der Waals surface area contributed by atoms with E-state index in [9.17, 15) is 9.59 Å². The molecule has 1 atom stereocenters. The van der Waals surface area contributed by atoms with Crippen LogP contribution in [0.1, 0.15) is 31.4 Å². The number of benzene rings is 2. The molecule has 0 spiro atoms. The molecule has 1 aliphatic rings. The van der Waals surface area contributed by atoms with Crippen LogP contribution in [0.2, 0.25) is 0 Å². The van der Waals surface area contributed by atoms with Crippen LogP contribution in [0, 0.1) is 0 Å². The topological polar surface area (TPSA) is 58.6 Å². The van der Waals surface area contributed by atoms with Crippen LogP contribution in [0.5, 0.6) is 5.75 Å². The third-order valence-electron chi connectivity index (χ3n) is 4.32. The van der Waals surface area contributed by atoms with Crippen molar-refractivity contribution in [1.82, 2.24) is 10.2 Å². The summed E-state index contributed by atoms with van der Waals surface area (Å²) >= 11 is 3.50. The van der Waals surface area contributed by atoms with Gasteiger partial charge in [-0.05, 0) is 58.6 Å². The van der Waals surface area contributed by atoms with Gasteiger partial charge in [0.2, 0.25) is 0 Å².